The van der Waals surface area contributed by atoms with Gasteiger partial charge < -0.3 is 19.9 Å². The molecule has 0 radical (unpaired) electrons. The maximum absolute atomic E-state index is 14.6. The van der Waals surface area contributed by atoms with E-state index in [2.05, 4.69) is 10.3 Å². The molecule has 2 heterocycles. The first-order chi connectivity index (χ1) is 13.4. The smallest absolute Gasteiger partial charge is 0.280 e. The minimum Gasteiger partial charge on any atom is -0.394 e. The number of aliphatic hydroxyl groups is 2. The second kappa shape index (κ2) is 8.77. The maximum atomic E-state index is 14.6. The molecule has 8 nitrogen and oxygen atoms in total. The third-order valence-corrected chi connectivity index (χ3v) is 4.40. The third kappa shape index (κ3) is 4.38. The first-order valence-electron chi connectivity index (χ1n) is 7.98. The number of hydrogen-bond acceptors (Lipinski definition) is 6. The van der Waals surface area contributed by atoms with Crippen LogP contribution in [0.4, 0.5) is 20.2 Å². The van der Waals surface area contributed by atoms with Crippen molar-refractivity contribution in [2.24, 2.45) is 0 Å². The van der Waals surface area contributed by atoms with E-state index < -0.39 is 42.4 Å². The van der Waals surface area contributed by atoms with Crippen LogP contribution in [-0.2, 0) is 4.84 Å². The van der Waals surface area contributed by atoms with Gasteiger partial charge in [-0.05, 0) is 40.8 Å². The van der Waals surface area contributed by atoms with E-state index in [0.717, 1.165) is 6.20 Å². The largest absolute Gasteiger partial charge is 0.394 e. The van der Waals surface area contributed by atoms with E-state index in [1.165, 1.54) is 29.1 Å². The topological polar surface area (TPSA) is 108 Å². The lowest BCUT2D eigenvalue weighted by atomic mass is 10.1. The number of amides is 1. The predicted octanol–water partition coefficient (Wildman–Crippen LogP) is 1.98. The monoisotopic (exact) mass is 504 g/mol. The number of pyridine rings is 1. The number of nitrogens with zero attached hydrogens (tertiary/aromatic N) is 2. The summed E-state index contributed by atoms with van der Waals surface area (Å²) in [5.41, 5.74) is 1.93. The van der Waals surface area contributed by atoms with Gasteiger partial charge >= 0.3 is 0 Å². The molecule has 0 bridgehead atoms. The molecule has 1 atom stereocenters. The zero-order valence-electron chi connectivity index (χ0n) is 14.2. The van der Waals surface area contributed by atoms with Crippen LogP contribution in [-0.4, -0.2) is 44.8 Å². The molecule has 0 saturated heterocycles. The molecule has 28 heavy (non-hydrogen) atoms. The second-order valence-corrected chi connectivity index (χ2v) is 6.99. The van der Waals surface area contributed by atoms with Crippen molar-refractivity contribution in [3.05, 3.63) is 57.7 Å². The van der Waals surface area contributed by atoms with Crippen molar-refractivity contribution in [3.8, 4) is 0 Å². The lowest BCUT2D eigenvalue weighted by Gasteiger charge is -2.16. The first-order valence-corrected chi connectivity index (χ1v) is 9.06. The molecule has 2 aromatic heterocycles. The molecule has 0 saturated carbocycles. The van der Waals surface area contributed by atoms with Crippen molar-refractivity contribution < 1.29 is 28.6 Å². The standard InChI is InChI=1S/C17H15F2IN4O4/c18-11-3-9(20)1-2-13(11)22-16-14-4-21-8-24(14)5-12(19)15(16)17(27)23-28-7-10(26)6-25/h1-5,8,10,22,25-26H,6-7H2,(H,23,27)/t10-/m1/s1. The third-order valence-electron chi connectivity index (χ3n) is 3.73. The molecule has 0 fully saturated rings. The summed E-state index contributed by atoms with van der Waals surface area (Å²) < 4.78 is 30.9. The Bertz CT molecular complexity index is 1010. The lowest BCUT2D eigenvalue weighted by molar-refractivity contribution is -0.0296. The van der Waals surface area contributed by atoms with E-state index in [9.17, 15) is 18.7 Å². The molecule has 1 amide bonds. The summed E-state index contributed by atoms with van der Waals surface area (Å²) in [5, 5.41) is 20.7. The molecule has 3 rings (SSSR count). The van der Waals surface area contributed by atoms with E-state index >= 15 is 0 Å². The van der Waals surface area contributed by atoms with E-state index in [1.54, 1.807) is 6.07 Å². The van der Waals surface area contributed by atoms with Crippen molar-refractivity contribution >= 4 is 45.4 Å². The Labute approximate surface area is 171 Å². The summed E-state index contributed by atoms with van der Waals surface area (Å²) in [7, 11) is 0. The fourth-order valence-corrected chi connectivity index (χ4v) is 2.87. The minimum absolute atomic E-state index is 0.0126. The number of aliphatic hydroxyl groups excluding tert-OH is 2. The van der Waals surface area contributed by atoms with Crippen LogP contribution < -0.4 is 10.8 Å². The molecule has 0 aliphatic heterocycles. The normalized spacial score (nSPS) is 12.2. The SMILES string of the molecule is O=C(NOC[C@H](O)CO)c1c(F)cn2cncc2c1Nc1ccc(I)cc1F. The molecule has 0 aliphatic rings. The van der Waals surface area contributed by atoms with Gasteiger partial charge in [0, 0.05) is 9.77 Å². The summed E-state index contributed by atoms with van der Waals surface area (Å²) in [4.78, 5) is 21.2. The Kier molecular flexibility index (Phi) is 6.39. The average Bonchev–Trinajstić information content (AvgIpc) is 3.11. The Morgan fingerprint density at radius 2 is 2.14 bits per heavy atom. The molecule has 4 N–H and O–H groups in total. The van der Waals surface area contributed by atoms with Gasteiger partial charge in [-0.2, -0.15) is 0 Å². The Morgan fingerprint density at radius 3 is 2.86 bits per heavy atom. The van der Waals surface area contributed by atoms with Crippen LogP contribution in [0.15, 0.2) is 36.9 Å². The van der Waals surface area contributed by atoms with Gasteiger partial charge in [0.05, 0.1) is 36.0 Å². The van der Waals surface area contributed by atoms with Gasteiger partial charge in [-0.1, -0.05) is 0 Å². The van der Waals surface area contributed by atoms with Gasteiger partial charge in [0.1, 0.15) is 24.1 Å². The Balaban J connectivity index is 1.98. The van der Waals surface area contributed by atoms with Crippen LogP contribution >= 0.6 is 22.6 Å². The number of fused-ring (bicyclic) bond motifs is 1. The zero-order chi connectivity index (χ0) is 20.3. The molecular weight excluding hydrogens is 489 g/mol. The summed E-state index contributed by atoms with van der Waals surface area (Å²) >= 11 is 1.95. The van der Waals surface area contributed by atoms with Crippen LogP contribution in [0.3, 0.4) is 0 Å². The van der Waals surface area contributed by atoms with E-state index in [0.29, 0.717) is 9.09 Å². The molecule has 11 heteroatoms. The zero-order valence-corrected chi connectivity index (χ0v) is 16.4. The molecule has 148 valence electrons. The number of anilines is 2. The number of nitrogens with one attached hydrogen (secondary N) is 2. The Morgan fingerprint density at radius 1 is 1.36 bits per heavy atom. The molecule has 3 aromatic rings. The molecule has 1 aromatic carbocycles. The van der Waals surface area contributed by atoms with Crippen LogP contribution in [0, 0.1) is 15.2 Å². The summed E-state index contributed by atoms with van der Waals surface area (Å²) in [6, 6.07) is 4.40. The van der Waals surface area contributed by atoms with Crippen LogP contribution in [0.5, 0.6) is 0 Å². The minimum atomic E-state index is -1.21. The average molecular weight is 504 g/mol. The molecule has 0 unspecified atom stereocenters. The number of hydroxylamine groups is 1. The van der Waals surface area contributed by atoms with Crippen LogP contribution in [0.25, 0.3) is 5.52 Å². The number of carbonyl (C=O) groups is 1. The summed E-state index contributed by atoms with van der Waals surface area (Å²) in [5.74, 6) is -2.44. The van der Waals surface area contributed by atoms with Gasteiger partial charge in [-0.15, -0.1) is 0 Å². The van der Waals surface area contributed by atoms with Crippen molar-refractivity contribution in [1.82, 2.24) is 14.9 Å². The van der Waals surface area contributed by atoms with Gasteiger partial charge in [0.25, 0.3) is 5.91 Å². The highest BCUT2D eigenvalue weighted by molar-refractivity contribution is 14.1. The number of halogens is 3. The lowest BCUT2D eigenvalue weighted by Crippen LogP contribution is -2.31. The maximum Gasteiger partial charge on any atom is 0.280 e. The van der Waals surface area contributed by atoms with E-state index in [-0.39, 0.29) is 11.4 Å². The van der Waals surface area contributed by atoms with E-state index in [4.69, 9.17) is 9.94 Å². The van der Waals surface area contributed by atoms with Gasteiger partial charge in [0.2, 0.25) is 0 Å². The molecular formula is C17H15F2IN4O4. The second-order valence-electron chi connectivity index (χ2n) is 5.74. The number of benzene rings is 1. The highest BCUT2D eigenvalue weighted by Gasteiger charge is 2.22. The quantitative estimate of drug-likeness (QED) is 0.290. The number of carbonyl (C=O) groups excluding carboxylic acids is 1. The Hall–Kier alpha value is -2.35. The molecule has 0 spiro atoms. The number of hydrogen-bond donors (Lipinski definition) is 4. The summed E-state index contributed by atoms with van der Waals surface area (Å²) in [6.45, 7) is -0.960. The van der Waals surface area contributed by atoms with Gasteiger partial charge in [-0.3, -0.25) is 9.63 Å². The van der Waals surface area contributed by atoms with Crippen molar-refractivity contribution in [2.75, 3.05) is 18.5 Å². The van der Waals surface area contributed by atoms with Crippen LogP contribution in [0.2, 0.25) is 0 Å². The van der Waals surface area contributed by atoms with Gasteiger partial charge in [0.15, 0.2) is 5.82 Å². The fraction of sp³-hybridized carbons (Fsp3) is 0.176. The highest BCUT2D eigenvalue weighted by Crippen LogP contribution is 2.30. The number of imidazole rings is 1. The highest BCUT2D eigenvalue weighted by atomic mass is 127. The van der Waals surface area contributed by atoms with Crippen LogP contribution in [0.1, 0.15) is 10.4 Å². The van der Waals surface area contributed by atoms with E-state index in [1.807, 2.05) is 28.1 Å². The van der Waals surface area contributed by atoms with Crippen molar-refractivity contribution in [1.29, 1.82) is 0 Å². The number of rotatable bonds is 7. The summed E-state index contributed by atoms with van der Waals surface area (Å²) in [6.07, 6.45) is 2.57. The first kappa shape index (κ1) is 20.4. The van der Waals surface area contributed by atoms with Crippen molar-refractivity contribution in [3.63, 3.8) is 0 Å². The fourth-order valence-electron chi connectivity index (χ4n) is 2.42. The van der Waals surface area contributed by atoms with Crippen molar-refractivity contribution in [2.45, 2.75) is 6.10 Å². The molecule has 0 aliphatic carbocycles. The predicted molar refractivity (Wildman–Crippen MR) is 104 cm³/mol. The number of aromatic nitrogens is 2. The van der Waals surface area contributed by atoms with Gasteiger partial charge in [-0.25, -0.2) is 19.2 Å².